The average Bonchev–Trinajstić information content (AvgIpc) is 2.66. The monoisotopic (exact) mass is 378 g/mol. The molecule has 1 aliphatic heterocycles. The zero-order valence-electron chi connectivity index (χ0n) is 14.5. The van der Waals surface area contributed by atoms with Crippen LogP contribution in [0.3, 0.4) is 0 Å². The van der Waals surface area contributed by atoms with Gasteiger partial charge < -0.3 is 4.90 Å². The smallest absolute Gasteiger partial charge is 0.338 e. The van der Waals surface area contributed by atoms with Crippen molar-refractivity contribution in [3.63, 3.8) is 0 Å². The Morgan fingerprint density at radius 1 is 1.26 bits per heavy atom. The minimum atomic E-state index is -4.64. The molecule has 1 N–H and O–H groups in total. The predicted octanol–water partition coefficient (Wildman–Crippen LogP) is 3.04. The van der Waals surface area contributed by atoms with Crippen LogP contribution in [0.25, 0.3) is 0 Å². The number of alkyl halides is 3. The maximum atomic E-state index is 13.1. The lowest BCUT2D eigenvalue weighted by molar-refractivity contribution is -0.138. The molecule has 0 fully saturated rings. The van der Waals surface area contributed by atoms with Crippen LogP contribution in [-0.4, -0.2) is 33.2 Å². The van der Waals surface area contributed by atoms with Crippen LogP contribution in [0.2, 0.25) is 0 Å². The molecule has 0 bridgehead atoms. The first-order valence-electron chi connectivity index (χ1n) is 8.39. The van der Waals surface area contributed by atoms with Crippen molar-refractivity contribution in [1.29, 1.82) is 0 Å². The Balaban J connectivity index is 1.79. The summed E-state index contributed by atoms with van der Waals surface area (Å²) in [5.41, 5.74) is -0.0819. The van der Waals surface area contributed by atoms with Gasteiger partial charge >= 0.3 is 6.18 Å². The maximum Gasteiger partial charge on any atom is 0.417 e. The van der Waals surface area contributed by atoms with E-state index in [0.29, 0.717) is 31.6 Å². The number of hydrogen-bond donors (Lipinski definition) is 1. The lowest BCUT2D eigenvalue weighted by Crippen LogP contribution is -2.36. The number of rotatable bonds is 3. The van der Waals surface area contributed by atoms with Gasteiger partial charge in [0, 0.05) is 37.7 Å². The van der Waals surface area contributed by atoms with E-state index in [1.165, 1.54) is 18.3 Å². The Hall–Kier alpha value is -2.97. The van der Waals surface area contributed by atoms with Gasteiger partial charge in [-0.15, -0.1) is 0 Å². The second-order valence-electron chi connectivity index (χ2n) is 6.08. The number of amides is 2. The molecule has 1 aliphatic rings. The number of fused-ring (bicyclic) bond motifs is 1. The van der Waals surface area contributed by atoms with E-state index in [0.717, 1.165) is 17.7 Å². The summed E-state index contributed by atoms with van der Waals surface area (Å²) < 4.78 is 39.2. The molecule has 27 heavy (non-hydrogen) atoms. The number of halogens is 3. The standard InChI is InChI=1S/C18H17F3N4O2/c1-2-15(26)25-8-7-14-11(10-25)9-22-17(23-14)24-16(27)12-5-3-4-6-13(12)18(19,20)21/h3-6,9H,2,7-8,10H2,1H3,(H,22,23,24,27). The minimum Gasteiger partial charge on any atom is -0.338 e. The molecule has 1 aromatic heterocycles. The molecule has 0 saturated heterocycles. The van der Waals surface area contributed by atoms with Gasteiger partial charge in [-0.25, -0.2) is 9.97 Å². The summed E-state index contributed by atoms with van der Waals surface area (Å²) in [6, 6.07) is 4.53. The fourth-order valence-corrected chi connectivity index (χ4v) is 2.91. The molecule has 3 rings (SSSR count). The molecule has 0 spiro atoms. The van der Waals surface area contributed by atoms with Crippen LogP contribution in [0, 0.1) is 0 Å². The molecule has 2 heterocycles. The van der Waals surface area contributed by atoms with E-state index in [-0.39, 0.29) is 11.9 Å². The van der Waals surface area contributed by atoms with Gasteiger partial charge in [-0.3, -0.25) is 14.9 Å². The van der Waals surface area contributed by atoms with Gasteiger partial charge in [0.05, 0.1) is 16.8 Å². The Morgan fingerprint density at radius 3 is 2.70 bits per heavy atom. The van der Waals surface area contributed by atoms with Gasteiger partial charge in [0.1, 0.15) is 0 Å². The first kappa shape index (κ1) is 18.8. The normalized spacial score (nSPS) is 13.9. The average molecular weight is 378 g/mol. The van der Waals surface area contributed by atoms with E-state index in [1.54, 1.807) is 11.8 Å². The van der Waals surface area contributed by atoms with Crippen molar-refractivity contribution in [2.45, 2.75) is 32.5 Å². The van der Waals surface area contributed by atoms with Crippen molar-refractivity contribution in [1.82, 2.24) is 14.9 Å². The summed E-state index contributed by atoms with van der Waals surface area (Å²) >= 11 is 0. The van der Waals surface area contributed by atoms with Crippen LogP contribution in [0.4, 0.5) is 19.1 Å². The molecule has 0 radical (unpaired) electrons. The summed E-state index contributed by atoms with van der Waals surface area (Å²) in [6.45, 7) is 2.67. The third kappa shape index (κ3) is 4.07. The summed E-state index contributed by atoms with van der Waals surface area (Å²) in [5.74, 6) is -0.964. The molecular formula is C18H17F3N4O2. The van der Waals surface area contributed by atoms with Crippen molar-refractivity contribution < 1.29 is 22.8 Å². The molecule has 9 heteroatoms. The van der Waals surface area contributed by atoms with Gasteiger partial charge in [0.2, 0.25) is 11.9 Å². The van der Waals surface area contributed by atoms with Crippen LogP contribution in [0.15, 0.2) is 30.5 Å². The summed E-state index contributed by atoms with van der Waals surface area (Å²) in [6.07, 6.45) is -2.25. The van der Waals surface area contributed by atoms with E-state index >= 15 is 0 Å². The number of anilines is 1. The maximum absolute atomic E-state index is 13.1. The lowest BCUT2D eigenvalue weighted by Gasteiger charge is -2.27. The van der Waals surface area contributed by atoms with Gasteiger partial charge in [0.15, 0.2) is 0 Å². The molecular weight excluding hydrogens is 361 g/mol. The number of benzene rings is 1. The van der Waals surface area contributed by atoms with Crippen molar-refractivity contribution in [2.24, 2.45) is 0 Å². The summed E-state index contributed by atoms with van der Waals surface area (Å²) in [4.78, 5) is 34.0. The minimum absolute atomic E-state index is 0.0294. The molecule has 142 valence electrons. The van der Waals surface area contributed by atoms with Crippen molar-refractivity contribution >= 4 is 17.8 Å². The Kier molecular flexibility index (Phi) is 5.11. The molecule has 1 aromatic carbocycles. The quantitative estimate of drug-likeness (QED) is 0.891. The zero-order valence-corrected chi connectivity index (χ0v) is 14.5. The molecule has 0 atom stereocenters. The van der Waals surface area contributed by atoms with Gasteiger partial charge in [-0.1, -0.05) is 19.1 Å². The SMILES string of the molecule is CCC(=O)N1CCc2nc(NC(=O)c3ccccc3C(F)(F)F)ncc2C1. The zero-order chi connectivity index (χ0) is 19.6. The van der Waals surface area contributed by atoms with Gasteiger partial charge in [-0.2, -0.15) is 13.2 Å². The van der Waals surface area contributed by atoms with Gasteiger partial charge in [-0.05, 0) is 12.1 Å². The third-order valence-corrected chi connectivity index (χ3v) is 4.29. The molecule has 2 aromatic rings. The molecule has 6 nitrogen and oxygen atoms in total. The van der Waals surface area contributed by atoms with Crippen LogP contribution < -0.4 is 5.32 Å². The fraction of sp³-hybridized carbons (Fsp3) is 0.333. The van der Waals surface area contributed by atoms with Crippen molar-refractivity contribution in [3.8, 4) is 0 Å². The van der Waals surface area contributed by atoms with Gasteiger partial charge in [0.25, 0.3) is 5.91 Å². The highest BCUT2D eigenvalue weighted by Gasteiger charge is 2.35. The molecule has 0 aliphatic carbocycles. The summed E-state index contributed by atoms with van der Waals surface area (Å²) in [5, 5.41) is 2.32. The Bertz CT molecular complexity index is 883. The second-order valence-corrected chi connectivity index (χ2v) is 6.08. The van der Waals surface area contributed by atoms with Crippen molar-refractivity contribution in [3.05, 3.63) is 52.8 Å². The fourth-order valence-electron chi connectivity index (χ4n) is 2.91. The van der Waals surface area contributed by atoms with E-state index in [4.69, 9.17) is 0 Å². The van der Waals surface area contributed by atoms with E-state index in [2.05, 4.69) is 15.3 Å². The topological polar surface area (TPSA) is 75.2 Å². The van der Waals surface area contributed by atoms with Crippen LogP contribution in [0.1, 0.15) is 40.5 Å². The Morgan fingerprint density at radius 2 is 2.00 bits per heavy atom. The summed E-state index contributed by atoms with van der Waals surface area (Å²) in [7, 11) is 0. The predicted molar refractivity (Wildman–Crippen MR) is 90.8 cm³/mol. The first-order chi connectivity index (χ1) is 12.8. The highest BCUT2D eigenvalue weighted by molar-refractivity contribution is 6.04. The van der Waals surface area contributed by atoms with E-state index < -0.39 is 23.2 Å². The number of nitrogens with zero attached hydrogens (tertiary/aromatic N) is 3. The van der Waals surface area contributed by atoms with Crippen LogP contribution >= 0.6 is 0 Å². The van der Waals surface area contributed by atoms with Crippen LogP contribution in [-0.2, 0) is 23.9 Å². The molecule has 0 unspecified atom stereocenters. The highest BCUT2D eigenvalue weighted by atomic mass is 19.4. The highest BCUT2D eigenvalue weighted by Crippen LogP contribution is 2.32. The largest absolute Gasteiger partial charge is 0.417 e. The number of hydrogen-bond acceptors (Lipinski definition) is 4. The van der Waals surface area contributed by atoms with E-state index in [1.807, 2.05) is 0 Å². The Labute approximate surface area is 153 Å². The third-order valence-electron chi connectivity index (χ3n) is 4.29. The second kappa shape index (κ2) is 7.34. The number of carbonyl (C=O) groups excluding carboxylic acids is 2. The van der Waals surface area contributed by atoms with Crippen LogP contribution in [0.5, 0.6) is 0 Å². The number of nitrogens with one attached hydrogen (secondary N) is 1. The molecule has 2 amide bonds. The lowest BCUT2D eigenvalue weighted by atomic mass is 10.1. The number of aromatic nitrogens is 2. The first-order valence-corrected chi connectivity index (χ1v) is 8.39. The number of carbonyl (C=O) groups is 2. The van der Waals surface area contributed by atoms with Crippen molar-refractivity contribution in [2.75, 3.05) is 11.9 Å². The molecule has 0 saturated carbocycles. The van der Waals surface area contributed by atoms with E-state index in [9.17, 15) is 22.8 Å².